The van der Waals surface area contributed by atoms with Crippen molar-refractivity contribution in [1.29, 1.82) is 0 Å². The highest BCUT2D eigenvalue weighted by molar-refractivity contribution is 6.30. The van der Waals surface area contributed by atoms with E-state index in [1.165, 1.54) is 25.7 Å². The van der Waals surface area contributed by atoms with Crippen LogP contribution in [0.3, 0.4) is 0 Å². The highest BCUT2D eigenvalue weighted by atomic mass is 35.5. The number of nitrogens with zero attached hydrogens (tertiary/aromatic N) is 3. The summed E-state index contributed by atoms with van der Waals surface area (Å²) in [5, 5.41) is 4.07. The normalized spacial score (nSPS) is 15.3. The molecule has 1 aliphatic heterocycles. The number of anilines is 3. The molecule has 0 spiro atoms. The summed E-state index contributed by atoms with van der Waals surface area (Å²) in [5.41, 5.74) is 3.05. The predicted octanol–water partition coefficient (Wildman–Crippen LogP) is 4.87. The fourth-order valence-corrected chi connectivity index (χ4v) is 3.18. The first-order valence-electron chi connectivity index (χ1n) is 8.25. The van der Waals surface area contributed by atoms with Gasteiger partial charge in [0, 0.05) is 35.6 Å². The molecule has 2 aromatic rings. The maximum atomic E-state index is 6.02. The van der Waals surface area contributed by atoms with Gasteiger partial charge in [0.25, 0.3) is 0 Å². The van der Waals surface area contributed by atoms with E-state index in [2.05, 4.69) is 21.3 Å². The number of nitrogens with one attached hydrogen (secondary N) is 1. The van der Waals surface area contributed by atoms with Crippen LogP contribution < -0.4 is 10.2 Å². The van der Waals surface area contributed by atoms with Gasteiger partial charge in [-0.15, -0.1) is 0 Å². The largest absolute Gasteiger partial charge is 0.356 e. The number of hydrogen-bond donors (Lipinski definition) is 1. The lowest BCUT2D eigenvalue weighted by Gasteiger charge is -2.22. The van der Waals surface area contributed by atoms with Crippen molar-refractivity contribution < 1.29 is 0 Å². The molecule has 0 bridgehead atoms. The molecule has 1 aromatic heterocycles. The van der Waals surface area contributed by atoms with Crippen molar-refractivity contribution in [3.63, 3.8) is 0 Å². The van der Waals surface area contributed by atoms with Gasteiger partial charge < -0.3 is 10.2 Å². The van der Waals surface area contributed by atoms with Crippen LogP contribution in [0, 0.1) is 13.8 Å². The van der Waals surface area contributed by atoms with E-state index in [4.69, 9.17) is 16.6 Å². The zero-order valence-electron chi connectivity index (χ0n) is 13.8. The number of rotatable bonds is 3. The molecule has 3 rings (SSSR count). The van der Waals surface area contributed by atoms with Crippen LogP contribution in [0.15, 0.2) is 24.3 Å². The van der Waals surface area contributed by atoms with Gasteiger partial charge >= 0.3 is 0 Å². The number of halogens is 1. The van der Waals surface area contributed by atoms with E-state index in [0.29, 0.717) is 5.95 Å². The van der Waals surface area contributed by atoms with Crippen LogP contribution in [-0.2, 0) is 0 Å². The van der Waals surface area contributed by atoms with Crippen molar-refractivity contribution in [2.24, 2.45) is 0 Å². The third-order valence-electron chi connectivity index (χ3n) is 4.21. The minimum Gasteiger partial charge on any atom is -0.356 e. The number of benzene rings is 1. The Balaban J connectivity index is 1.84. The van der Waals surface area contributed by atoms with Gasteiger partial charge in [-0.3, -0.25) is 0 Å². The molecule has 5 heteroatoms. The van der Waals surface area contributed by atoms with E-state index in [1.54, 1.807) is 0 Å². The Morgan fingerprint density at radius 2 is 1.74 bits per heavy atom. The van der Waals surface area contributed by atoms with Crippen molar-refractivity contribution >= 4 is 29.1 Å². The molecule has 0 aliphatic carbocycles. The zero-order valence-corrected chi connectivity index (χ0v) is 14.5. The fraction of sp³-hybridized carbons (Fsp3) is 0.444. The lowest BCUT2D eigenvalue weighted by molar-refractivity contribution is 0.726. The Hall–Kier alpha value is -1.81. The number of aromatic nitrogens is 2. The van der Waals surface area contributed by atoms with E-state index < -0.39 is 0 Å². The standard InChI is InChI=1S/C18H23ClN4/c1-13-11-15(19)7-8-16(13)21-18-20-14(2)12-17(22-18)23-9-5-3-4-6-10-23/h7-8,11-12H,3-6,9-10H2,1-2H3,(H,20,21,22). The van der Waals surface area contributed by atoms with Crippen LogP contribution in [0.4, 0.5) is 17.5 Å². The van der Waals surface area contributed by atoms with Gasteiger partial charge in [-0.1, -0.05) is 24.4 Å². The molecule has 1 fully saturated rings. The highest BCUT2D eigenvalue weighted by Gasteiger charge is 2.13. The Labute approximate surface area is 142 Å². The van der Waals surface area contributed by atoms with E-state index in [0.717, 1.165) is 40.9 Å². The Morgan fingerprint density at radius 3 is 2.43 bits per heavy atom. The summed E-state index contributed by atoms with van der Waals surface area (Å²) in [6.45, 7) is 6.20. The lowest BCUT2D eigenvalue weighted by atomic mass is 10.2. The molecule has 0 atom stereocenters. The SMILES string of the molecule is Cc1cc(N2CCCCCC2)nc(Nc2ccc(Cl)cc2C)n1. The summed E-state index contributed by atoms with van der Waals surface area (Å²) in [6, 6.07) is 7.86. The summed E-state index contributed by atoms with van der Waals surface area (Å²) in [7, 11) is 0. The molecule has 1 aromatic carbocycles. The quantitative estimate of drug-likeness (QED) is 0.871. The first kappa shape index (κ1) is 16.1. The third-order valence-corrected chi connectivity index (χ3v) is 4.44. The third kappa shape index (κ3) is 4.14. The average Bonchev–Trinajstić information content (AvgIpc) is 2.79. The van der Waals surface area contributed by atoms with Gasteiger partial charge in [-0.2, -0.15) is 4.98 Å². The van der Waals surface area contributed by atoms with Crippen molar-refractivity contribution in [2.75, 3.05) is 23.3 Å². The molecular weight excluding hydrogens is 308 g/mol. The molecule has 0 radical (unpaired) electrons. The second kappa shape index (κ2) is 7.18. The van der Waals surface area contributed by atoms with Crippen molar-refractivity contribution in [1.82, 2.24) is 9.97 Å². The maximum Gasteiger partial charge on any atom is 0.229 e. The minimum absolute atomic E-state index is 0.648. The second-order valence-corrected chi connectivity index (χ2v) is 6.61. The molecule has 23 heavy (non-hydrogen) atoms. The average molecular weight is 331 g/mol. The molecule has 1 aliphatic rings. The highest BCUT2D eigenvalue weighted by Crippen LogP contribution is 2.24. The van der Waals surface area contributed by atoms with Gasteiger partial charge in [-0.25, -0.2) is 4.98 Å². The Kier molecular flexibility index (Phi) is 5.01. The summed E-state index contributed by atoms with van der Waals surface area (Å²) in [6.07, 6.45) is 5.11. The Bertz CT molecular complexity index is 679. The van der Waals surface area contributed by atoms with E-state index >= 15 is 0 Å². The molecule has 1 N–H and O–H groups in total. The fourth-order valence-electron chi connectivity index (χ4n) is 2.96. The first-order chi connectivity index (χ1) is 11.1. The topological polar surface area (TPSA) is 41.1 Å². The number of aryl methyl sites for hydroxylation is 2. The first-order valence-corrected chi connectivity index (χ1v) is 8.63. The van der Waals surface area contributed by atoms with E-state index in [1.807, 2.05) is 32.0 Å². The lowest BCUT2D eigenvalue weighted by Crippen LogP contribution is -2.25. The molecule has 0 unspecified atom stereocenters. The monoisotopic (exact) mass is 330 g/mol. The van der Waals surface area contributed by atoms with Crippen LogP contribution in [0.25, 0.3) is 0 Å². The van der Waals surface area contributed by atoms with Crippen molar-refractivity contribution in [3.8, 4) is 0 Å². The summed E-state index contributed by atoms with van der Waals surface area (Å²) >= 11 is 6.02. The van der Waals surface area contributed by atoms with Crippen LogP contribution >= 0.6 is 11.6 Å². The van der Waals surface area contributed by atoms with Gasteiger partial charge in [0.05, 0.1) is 0 Å². The minimum atomic E-state index is 0.648. The van der Waals surface area contributed by atoms with Crippen LogP contribution in [-0.4, -0.2) is 23.1 Å². The summed E-state index contributed by atoms with van der Waals surface area (Å²) in [4.78, 5) is 11.6. The molecule has 4 nitrogen and oxygen atoms in total. The van der Waals surface area contributed by atoms with Gasteiger partial charge in [0.2, 0.25) is 5.95 Å². The molecular formula is C18H23ClN4. The Morgan fingerprint density at radius 1 is 1.00 bits per heavy atom. The van der Waals surface area contributed by atoms with E-state index in [-0.39, 0.29) is 0 Å². The van der Waals surface area contributed by atoms with Crippen molar-refractivity contribution in [2.45, 2.75) is 39.5 Å². The molecule has 122 valence electrons. The summed E-state index contributed by atoms with van der Waals surface area (Å²) in [5.74, 6) is 1.67. The van der Waals surface area contributed by atoms with Gasteiger partial charge in [-0.05, 0) is 50.5 Å². The van der Waals surface area contributed by atoms with Gasteiger partial charge in [0.1, 0.15) is 5.82 Å². The number of hydrogen-bond acceptors (Lipinski definition) is 4. The van der Waals surface area contributed by atoms with Crippen LogP contribution in [0.1, 0.15) is 36.9 Å². The zero-order chi connectivity index (χ0) is 16.2. The second-order valence-electron chi connectivity index (χ2n) is 6.18. The molecule has 0 amide bonds. The van der Waals surface area contributed by atoms with Gasteiger partial charge in [0.15, 0.2) is 0 Å². The summed E-state index contributed by atoms with van der Waals surface area (Å²) < 4.78 is 0. The van der Waals surface area contributed by atoms with E-state index in [9.17, 15) is 0 Å². The van der Waals surface area contributed by atoms with Crippen LogP contribution in [0.5, 0.6) is 0 Å². The van der Waals surface area contributed by atoms with Crippen molar-refractivity contribution in [3.05, 3.63) is 40.5 Å². The molecule has 0 saturated carbocycles. The predicted molar refractivity (Wildman–Crippen MR) is 96.9 cm³/mol. The molecule has 2 heterocycles. The molecule has 1 saturated heterocycles. The van der Waals surface area contributed by atoms with Crippen LogP contribution in [0.2, 0.25) is 5.02 Å². The smallest absolute Gasteiger partial charge is 0.229 e. The maximum absolute atomic E-state index is 6.02.